The van der Waals surface area contributed by atoms with Gasteiger partial charge < -0.3 is 14.7 Å². The minimum Gasteiger partial charge on any atom is -0.394 e. The van der Waals surface area contributed by atoms with Crippen LogP contribution in [-0.2, 0) is 11.2 Å². The van der Waals surface area contributed by atoms with Crippen molar-refractivity contribution in [2.24, 2.45) is 0 Å². The van der Waals surface area contributed by atoms with Crippen molar-refractivity contribution >= 4 is 11.5 Å². The van der Waals surface area contributed by atoms with E-state index in [1.807, 2.05) is 28.9 Å². The minimum absolute atomic E-state index is 0.0743. The molecule has 200 valence electrons. The second-order valence-electron chi connectivity index (χ2n) is 10.0. The zero-order chi connectivity index (χ0) is 26.6. The highest BCUT2D eigenvalue weighted by Crippen LogP contribution is 2.35. The molecule has 2 aliphatic rings. The van der Waals surface area contributed by atoms with Gasteiger partial charge in [0.2, 0.25) is 0 Å². The van der Waals surface area contributed by atoms with Gasteiger partial charge in [0.05, 0.1) is 25.5 Å². The van der Waals surface area contributed by atoms with Crippen LogP contribution in [0.4, 0.5) is 5.69 Å². The molecular weight excluding hydrogens is 490 g/mol. The molecule has 4 aromatic rings. The number of carbonyl (C=O) groups excluding carboxylic acids is 1. The number of piperazine rings is 1. The smallest absolute Gasteiger partial charge is 0.163 e. The lowest BCUT2D eigenvalue weighted by atomic mass is 9.98. The third-order valence-corrected chi connectivity index (χ3v) is 7.65. The Morgan fingerprint density at radius 2 is 1.59 bits per heavy atom. The maximum Gasteiger partial charge on any atom is 0.163 e. The second kappa shape index (κ2) is 11.5. The average Bonchev–Trinajstić information content (AvgIpc) is 3.60. The van der Waals surface area contributed by atoms with Gasteiger partial charge in [0, 0.05) is 80.1 Å². The molecular formula is C31H33N5O3. The number of carbonyl (C=O) groups is 1. The molecule has 39 heavy (non-hydrogen) atoms. The predicted octanol–water partition coefficient (Wildman–Crippen LogP) is 3.86. The van der Waals surface area contributed by atoms with E-state index in [0.29, 0.717) is 19.6 Å². The molecule has 0 spiro atoms. The zero-order valence-electron chi connectivity index (χ0n) is 22.0. The summed E-state index contributed by atoms with van der Waals surface area (Å²) in [5.74, 6) is 0.232. The van der Waals surface area contributed by atoms with E-state index in [-0.39, 0.29) is 12.4 Å². The molecule has 0 saturated carbocycles. The molecule has 8 heteroatoms. The van der Waals surface area contributed by atoms with Crippen molar-refractivity contribution in [1.29, 1.82) is 0 Å². The number of ketones is 1. The largest absolute Gasteiger partial charge is 0.394 e. The lowest BCUT2D eigenvalue weighted by Crippen LogP contribution is -2.47. The number of aromatic nitrogens is 3. The van der Waals surface area contributed by atoms with Crippen LogP contribution in [0.3, 0.4) is 0 Å². The molecule has 0 atom stereocenters. The molecule has 0 unspecified atom stereocenters. The van der Waals surface area contributed by atoms with E-state index in [0.717, 1.165) is 78.3 Å². The van der Waals surface area contributed by atoms with E-state index in [1.165, 1.54) is 5.69 Å². The number of anilines is 1. The van der Waals surface area contributed by atoms with Crippen LogP contribution in [-0.4, -0.2) is 83.1 Å². The summed E-state index contributed by atoms with van der Waals surface area (Å²) >= 11 is 0. The lowest BCUT2D eigenvalue weighted by Gasteiger charge is -2.36. The molecule has 2 aromatic heterocycles. The number of aliphatic hydroxyl groups excluding tert-OH is 1. The summed E-state index contributed by atoms with van der Waals surface area (Å²) in [5.41, 5.74) is 8.17. The minimum atomic E-state index is 0.0743. The predicted molar refractivity (Wildman–Crippen MR) is 151 cm³/mol. The molecule has 1 aliphatic carbocycles. The van der Waals surface area contributed by atoms with Gasteiger partial charge in [0.1, 0.15) is 5.69 Å². The number of fused-ring (bicyclic) bond motifs is 1. The fourth-order valence-electron chi connectivity index (χ4n) is 5.47. The number of hydrogen-bond donors (Lipinski definition) is 1. The van der Waals surface area contributed by atoms with Gasteiger partial charge in [-0.1, -0.05) is 18.2 Å². The average molecular weight is 524 g/mol. The summed E-state index contributed by atoms with van der Waals surface area (Å²) in [7, 11) is 0. The van der Waals surface area contributed by atoms with Crippen LogP contribution in [0, 0.1) is 0 Å². The Hall–Kier alpha value is -3.85. The standard InChI is InChI=1S/C31H33N5O3/c37-18-20-39-19-17-34-13-15-35(16-14-34)26-3-5-27(6-4-26)36-22-29(31(33-36)23-9-11-32-12-10-23)25-1-7-28-24(21-25)2-8-30(28)38/h1,3-7,9-12,21-22,37H,2,8,13-20H2. The van der Waals surface area contributed by atoms with E-state index in [4.69, 9.17) is 14.9 Å². The third-order valence-electron chi connectivity index (χ3n) is 7.65. The summed E-state index contributed by atoms with van der Waals surface area (Å²) in [6.07, 6.45) is 7.05. The number of aryl methyl sites for hydroxylation is 1. The highest BCUT2D eigenvalue weighted by Gasteiger charge is 2.22. The van der Waals surface area contributed by atoms with Crippen LogP contribution >= 0.6 is 0 Å². The van der Waals surface area contributed by atoms with Gasteiger partial charge in [0.25, 0.3) is 0 Å². The van der Waals surface area contributed by atoms with Crippen molar-refractivity contribution in [2.45, 2.75) is 12.8 Å². The van der Waals surface area contributed by atoms with E-state index >= 15 is 0 Å². The molecule has 6 rings (SSSR count). The summed E-state index contributed by atoms with van der Waals surface area (Å²) < 4.78 is 7.35. The number of pyridine rings is 1. The third kappa shape index (κ3) is 5.49. The maximum atomic E-state index is 12.2. The molecule has 1 saturated heterocycles. The number of aliphatic hydroxyl groups is 1. The van der Waals surface area contributed by atoms with Gasteiger partial charge in [-0.3, -0.25) is 14.7 Å². The Bertz CT molecular complexity index is 1430. The second-order valence-corrected chi connectivity index (χ2v) is 10.0. The van der Waals surface area contributed by atoms with Gasteiger partial charge in [0.15, 0.2) is 5.78 Å². The maximum absolute atomic E-state index is 12.2. The Kier molecular flexibility index (Phi) is 7.49. The Balaban J connectivity index is 1.21. The van der Waals surface area contributed by atoms with Crippen molar-refractivity contribution in [2.75, 3.05) is 57.4 Å². The Labute approximate surface area is 228 Å². The Morgan fingerprint density at radius 3 is 2.36 bits per heavy atom. The summed E-state index contributed by atoms with van der Waals surface area (Å²) in [6, 6.07) is 18.7. The van der Waals surface area contributed by atoms with Crippen LogP contribution in [0.1, 0.15) is 22.3 Å². The molecule has 1 aliphatic heterocycles. The molecule has 0 bridgehead atoms. The summed E-state index contributed by atoms with van der Waals surface area (Å²) in [5, 5.41) is 13.9. The SMILES string of the molecule is O=C1CCc2cc(-c3cn(-c4ccc(N5CCN(CCOCCO)CC5)cc4)nc3-c3ccncc3)ccc21. The first-order chi connectivity index (χ1) is 19.2. The van der Waals surface area contributed by atoms with Crippen LogP contribution in [0.5, 0.6) is 0 Å². The van der Waals surface area contributed by atoms with E-state index < -0.39 is 0 Å². The van der Waals surface area contributed by atoms with Crippen molar-refractivity contribution < 1.29 is 14.6 Å². The zero-order valence-corrected chi connectivity index (χ0v) is 22.0. The molecule has 8 nitrogen and oxygen atoms in total. The van der Waals surface area contributed by atoms with Crippen molar-refractivity contribution in [1.82, 2.24) is 19.7 Å². The van der Waals surface area contributed by atoms with Crippen LogP contribution < -0.4 is 4.90 Å². The summed E-state index contributed by atoms with van der Waals surface area (Å²) in [4.78, 5) is 21.2. The van der Waals surface area contributed by atoms with Crippen molar-refractivity contribution in [3.8, 4) is 28.1 Å². The van der Waals surface area contributed by atoms with Gasteiger partial charge in [-0.2, -0.15) is 5.10 Å². The molecule has 0 radical (unpaired) electrons. The van der Waals surface area contributed by atoms with Crippen molar-refractivity contribution in [3.63, 3.8) is 0 Å². The first-order valence-electron chi connectivity index (χ1n) is 13.6. The van der Waals surface area contributed by atoms with Crippen LogP contribution in [0.2, 0.25) is 0 Å². The number of benzene rings is 2. The van der Waals surface area contributed by atoms with Crippen LogP contribution in [0.25, 0.3) is 28.1 Å². The highest BCUT2D eigenvalue weighted by atomic mass is 16.5. The number of rotatable bonds is 9. The quantitative estimate of drug-likeness (QED) is 0.334. The summed E-state index contributed by atoms with van der Waals surface area (Å²) in [6.45, 7) is 5.97. The first-order valence-corrected chi connectivity index (χ1v) is 13.6. The van der Waals surface area contributed by atoms with Gasteiger partial charge in [-0.15, -0.1) is 0 Å². The highest BCUT2D eigenvalue weighted by molar-refractivity contribution is 6.01. The normalized spacial score (nSPS) is 15.6. The number of ether oxygens (including phenoxy) is 1. The van der Waals surface area contributed by atoms with Gasteiger partial charge >= 0.3 is 0 Å². The topological polar surface area (TPSA) is 83.7 Å². The number of hydrogen-bond acceptors (Lipinski definition) is 7. The fraction of sp³-hybridized carbons (Fsp3) is 0.323. The Morgan fingerprint density at radius 1 is 0.821 bits per heavy atom. The number of Topliss-reactive ketones (excluding diaryl/α,β-unsaturated/α-hetero) is 1. The van der Waals surface area contributed by atoms with E-state index in [9.17, 15) is 4.79 Å². The van der Waals surface area contributed by atoms with E-state index in [1.54, 1.807) is 12.4 Å². The monoisotopic (exact) mass is 523 g/mol. The molecule has 1 N–H and O–H groups in total. The lowest BCUT2D eigenvalue weighted by molar-refractivity contribution is 0.0724. The molecule has 0 amide bonds. The fourth-order valence-corrected chi connectivity index (χ4v) is 5.47. The van der Waals surface area contributed by atoms with Crippen molar-refractivity contribution in [3.05, 3.63) is 84.3 Å². The molecule has 3 heterocycles. The van der Waals surface area contributed by atoms with Gasteiger partial charge in [-0.25, -0.2) is 4.68 Å². The first kappa shape index (κ1) is 25.4. The number of nitrogens with zero attached hydrogens (tertiary/aromatic N) is 5. The van der Waals surface area contributed by atoms with E-state index in [2.05, 4.69) is 51.3 Å². The van der Waals surface area contributed by atoms with Gasteiger partial charge in [-0.05, 0) is 53.9 Å². The molecule has 1 fully saturated rings. The molecule has 2 aromatic carbocycles. The van der Waals surface area contributed by atoms with Crippen LogP contribution in [0.15, 0.2) is 73.2 Å².